The SMILES string of the molecule is COC1C(N2c3ncnc(N)c3NC2Sc2ccc(C(C)C)cc2)OC2CO[PH](O)(O)O[C@H]21. The molecular formula is C20H28N5O6PS. The minimum atomic E-state index is -4.22. The molecule has 180 valence electrons. The van der Waals surface area contributed by atoms with E-state index < -0.39 is 32.7 Å². The van der Waals surface area contributed by atoms with Gasteiger partial charge in [-0.2, -0.15) is 0 Å². The molecule has 2 saturated heterocycles. The molecule has 0 bridgehead atoms. The third-order valence-corrected chi connectivity index (χ3v) is 8.21. The molecule has 0 spiro atoms. The summed E-state index contributed by atoms with van der Waals surface area (Å²) < 4.78 is 22.5. The van der Waals surface area contributed by atoms with Gasteiger partial charge in [0.25, 0.3) is 0 Å². The molecule has 5 atom stereocenters. The number of rotatable bonds is 5. The number of fused-ring (bicyclic) bond motifs is 2. The number of nitrogen functional groups attached to an aromatic ring is 1. The number of benzene rings is 1. The molecule has 13 heteroatoms. The molecule has 4 unspecified atom stereocenters. The van der Waals surface area contributed by atoms with Crippen molar-refractivity contribution in [3.05, 3.63) is 36.2 Å². The number of nitrogens with two attached hydrogens (primary N) is 1. The third kappa shape index (κ3) is 4.26. The Morgan fingerprint density at radius 2 is 2.03 bits per heavy atom. The van der Waals surface area contributed by atoms with E-state index in [1.54, 1.807) is 11.8 Å². The number of hydrogen-bond acceptors (Lipinski definition) is 12. The van der Waals surface area contributed by atoms with E-state index in [2.05, 4.69) is 53.4 Å². The van der Waals surface area contributed by atoms with Crippen molar-refractivity contribution in [2.45, 2.75) is 54.7 Å². The van der Waals surface area contributed by atoms with Crippen LogP contribution in [0.2, 0.25) is 0 Å². The van der Waals surface area contributed by atoms with Crippen molar-refractivity contribution in [3.8, 4) is 0 Å². The average molecular weight is 498 g/mol. The van der Waals surface area contributed by atoms with Gasteiger partial charge >= 0.3 is 182 Å². The molecule has 5 rings (SSSR count). The van der Waals surface area contributed by atoms with Gasteiger partial charge in [-0.15, -0.1) is 0 Å². The molecule has 0 saturated carbocycles. The van der Waals surface area contributed by atoms with Crippen LogP contribution >= 0.6 is 19.9 Å². The van der Waals surface area contributed by atoms with Crippen LogP contribution in [0, 0.1) is 0 Å². The Morgan fingerprint density at radius 3 is 2.73 bits per heavy atom. The van der Waals surface area contributed by atoms with Gasteiger partial charge in [-0.25, -0.2) is 0 Å². The molecule has 2 fully saturated rings. The standard InChI is InChI=1S/C20H28N5O6PS/c1-10(2)11-4-6-12(7-5-11)33-20-24-14-17(21)22-9-23-18(14)25(20)19-16(28-3)15-13(30-19)8-29-32(26,27)31-15/h4-7,9-10,13,15-16,19-20,24,26-27,32H,8H2,1-3H3,(H2,21,22,23)/t13?,15-,16?,19?,20?/m1/s1. The van der Waals surface area contributed by atoms with E-state index in [9.17, 15) is 9.79 Å². The topological polar surface area (TPSA) is 144 Å². The average Bonchev–Trinajstić information content (AvgIpc) is 3.31. The summed E-state index contributed by atoms with van der Waals surface area (Å²) in [6, 6.07) is 8.39. The molecule has 0 aliphatic carbocycles. The van der Waals surface area contributed by atoms with Crippen LogP contribution in [0.5, 0.6) is 0 Å². The molecule has 0 amide bonds. The van der Waals surface area contributed by atoms with Crippen LogP contribution in [-0.4, -0.2) is 63.5 Å². The first-order valence-electron chi connectivity index (χ1n) is 10.6. The fourth-order valence-corrected chi connectivity index (χ4v) is 6.44. The molecule has 0 radical (unpaired) electrons. The number of nitrogens with zero attached hydrogens (tertiary/aromatic N) is 3. The maximum absolute atomic E-state index is 9.96. The van der Waals surface area contributed by atoms with Crippen LogP contribution in [0.25, 0.3) is 0 Å². The van der Waals surface area contributed by atoms with E-state index >= 15 is 0 Å². The van der Waals surface area contributed by atoms with Gasteiger partial charge in [-0.3, -0.25) is 0 Å². The van der Waals surface area contributed by atoms with Gasteiger partial charge in [0.15, 0.2) is 0 Å². The van der Waals surface area contributed by atoms with E-state index in [-0.39, 0.29) is 12.1 Å². The first-order valence-corrected chi connectivity index (χ1v) is 13.2. The normalized spacial score (nSPS) is 31.2. The van der Waals surface area contributed by atoms with Gasteiger partial charge in [-0.05, 0) is 0 Å². The number of thioether (sulfide) groups is 1. The van der Waals surface area contributed by atoms with Gasteiger partial charge in [0.1, 0.15) is 0 Å². The number of anilines is 3. The first-order chi connectivity index (χ1) is 15.8. The van der Waals surface area contributed by atoms with E-state index in [0.29, 0.717) is 23.2 Å². The number of methoxy groups -OCH3 is 1. The summed E-state index contributed by atoms with van der Waals surface area (Å²) in [4.78, 5) is 31.5. The van der Waals surface area contributed by atoms with Gasteiger partial charge in [0.05, 0.1) is 0 Å². The van der Waals surface area contributed by atoms with Crippen molar-refractivity contribution in [2.75, 3.05) is 29.7 Å². The second kappa shape index (κ2) is 8.79. The summed E-state index contributed by atoms with van der Waals surface area (Å²) in [5.74, 6) is 1.34. The Labute approximate surface area is 196 Å². The molecule has 5 N–H and O–H groups in total. The van der Waals surface area contributed by atoms with Crippen molar-refractivity contribution < 1.29 is 28.3 Å². The zero-order valence-electron chi connectivity index (χ0n) is 18.4. The first kappa shape index (κ1) is 23.0. The molecule has 3 aliphatic heterocycles. The van der Waals surface area contributed by atoms with Crippen LogP contribution in [-0.2, 0) is 18.5 Å². The number of hydrogen-bond donors (Lipinski definition) is 4. The Bertz CT molecular complexity index is 1010. The van der Waals surface area contributed by atoms with Crippen molar-refractivity contribution in [1.82, 2.24) is 9.97 Å². The molecule has 33 heavy (non-hydrogen) atoms. The zero-order valence-corrected chi connectivity index (χ0v) is 20.2. The van der Waals surface area contributed by atoms with Gasteiger partial charge in [0.2, 0.25) is 0 Å². The van der Waals surface area contributed by atoms with Crippen molar-refractivity contribution in [1.29, 1.82) is 0 Å². The molecule has 11 nitrogen and oxygen atoms in total. The van der Waals surface area contributed by atoms with Crippen molar-refractivity contribution in [2.24, 2.45) is 0 Å². The molecule has 1 aromatic heterocycles. The van der Waals surface area contributed by atoms with E-state index in [1.165, 1.54) is 19.0 Å². The Morgan fingerprint density at radius 1 is 1.27 bits per heavy atom. The summed E-state index contributed by atoms with van der Waals surface area (Å²) in [7, 11) is -2.69. The van der Waals surface area contributed by atoms with Gasteiger partial charge < -0.3 is 0 Å². The summed E-state index contributed by atoms with van der Waals surface area (Å²) >= 11 is 1.57. The molecule has 4 heterocycles. The summed E-state index contributed by atoms with van der Waals surface area (Å²) in [6.07, 6.45) is -1.10. The third-order valence-electron chi connectivity index (χ3n) is 5.97. The number of nitrogens with one attached hydrogen (secondary N) is 1. The van der Waals surface area contributed by atoms with Crippen LogP contribution in [0.4, 0.5) is 17.3 Å². The molecule has 2 aromatic rings. The monoisotopic (exact) mass is 497 g/mol. The Balaban J connectivity index is 1.47. The van der Waals surface area contributed by atoms with Crippen molar-refractivity contribution >= 4 is 37.3 Å². The fraction of sp³-hybridized carbons (Fsp3) is 0.500. The number of aromatic nitrogens is 2. The van der Waals surface area contributed by atoms with E-state index in [0.717, 1.165) is 4.90 Å². The van der Waals surface area contributed by atoms with Crippen LogP contribution < -0.4 is 16.0 Å². The molecule has 3 aliphatic rings. The molecule has 1 aromatic carbocycles. The molecular weight excluding hydrogens is 469 g/mol. The Hall–Kier alpha value is -1.76. The van der Waals surface area contributed by atoms with Crippen molar-refractivity contribution in [3.63, 3.8) is 0 Å². The quantitative estimate of drug-likeness (QED) is 0.449. The van der Waals surface area contributed by atoms with Crippen LogP contribution in [0.1, 0.15) is 25.3 Å². The fourth-order valence-electron chi connectivity index (χ4n) is 4.29. The van der Waals surface area contributed by atoms with Crippen LogP contribution in [0.15, 0.2) is 35.5 Å². The second-order valence-corrected chi connectivity index (χ2v) is 11.2. The maximum atomic E-state index is 9.96. The van der Waals surface area contributed by atoms with E-state index in [4.69, 9.17) is 24.3 Å². The Kier molecular flexibility index (Phi) is 6.13. The predicted molar refractivity (Wildman–Crippen MR) is 126 cm³/mol. The summed E-state index contributed by atoms with van der Waals surface area (Å²) in [5, 5.41) is 3.40. The summed E-state index contributed by atoms with van der Waals surface area (Å²) in [6.45, 7) is 4.31. The van der Waals surface area contributed by atoms with E-state index in [1.807, 2.05) is 4.90 Å². The number of ether oxygens (including phenoxy) is 2. The van der Waals surface area contributed by atoms with Crippen LogP contribution in [0.3, 0.4) is 0 Å². The van der Waals surface area contributed by atoms with Gasteiger partial charge in [0, 0.05) is 0 Å². The predicted octanol–water partition coefficient (Wildman–Crippen LogP) is 2.04. The second-order valence-electron chi connectivity index (χ2n) is 8.41. The zero-order chi connectivity index (χ0) is 23.3. The minimum absolute atomic E-state index is 0.00520. The van der Waals surface area contributed by atoms with Gasteiger partial charge in [-0.1, -0.05) is 13.8 Å². The summed E-state index contributed by atoms with van der Waals surface area (Å²) in [5.41, 5.74) is 7.66.